The van der Waals surface area contributed by atoms with Crippen LogP contribution in [0.15, 0.2) is 78.9 Å². The minimum atomic E-state index is 0.853. The third-order valence-corrected chi connectivity index (χ3v) is 4.75. The van der Waals surface area contributed by atoms with Gasteiger partial charge in [-0.2, -0.15) is 0 Å². The zero-order chi connectivity index (χ0) is 17.9. The molecule has 2 heteroatoms. The van der Waals surface area contributed by atoms with Crippen molar-refractivity contribution in [1.82, 2.24) is 4.98 Å². The van der Waals surface area contributed by atoms with Crippen LogP contribution in [0, 0.1) is 0 Å². The number of rotatable bonds is 4. The van der Waals surface area contributed by atoms with Crippen molar-refractivity contribution < 1.29 is 4.74 Å². The fourth-order valence-corrected chi connectivity index (χ4v) is 3.46. The smallest absolute Gasteiger partial charge is 0.118 e. The van der Waals surface area contributed by atoms with Gasteiger partial charge in [-0.25, -0.2) is 0 Å². The Hall–Kier alpha value is -3.13. The van der Waals surface area contributed by atoms with Gasteiger partial charge in [-0.1, -0.05) is 61.5 Å². The number of benzene rings is 3. The fraction of sp³-hybridized carbons (Fsp3) is 0.125. The predicted octanol–water partition coefficient (Wildman–Crippen LogP) is 6.14. The Balaban J connectivity index is 2.07. The van der Waals surface area contributed by atoms with Crippen molar-refractivity contribution in [3.63, 3.8) is 0 Å². The summed E-state index contributed by atoms with van der Waals surface area (Å²) in [5.41, 5.74) is 5.62. The highest BCUT2D eigenvalue weighted by molar-refractivity contribution is 6.03. The third kappa shape index (κ3) is 2.84. The van der Waals surface area contributed by atoms with Crippen LogP contribution < -0.4 is 4.74 Å². The molecule has 0 aliphatic rings. The summed E-state index contributed by atoms with van der Waals surface area (Å²) in [4.78, 5) is 5.08. The Morgan fingerprint density at radius 2 is 1.38 bits per heavy atom. The average molecular weight is 339 g/mol. The van der Waals surface area contributed by atoms with E-state index in [0.29, 0.717) is 0 Å². The zero-order valence-corrected chi connectivity index (χ0v) is 15.1. The maximum atomic E-state index is 5.31. The number of hydrogen-bond donors (Lipinski definition) is 0. The van der Waals surface area contributed by atoms with Crippen molar-refractivity contribution in [3.05, 3.63) is 84.6 Å². The fourth-order valence-electron chi connectivity index (χ4n) is 3.46. The Morgan fingerprint density at radius 3 is 2.04 bits per heavy atom. The summed E-state index contributed by atoms with van der Waals surface area (Å²) in [5, 5.41) is 2.47. The van der Waals surface area contributed by atoms with Gasteiger partial charge >= 0.3 is 0 Å². The number of pyridine rings is 1. The van der Waals surface area contributed by atoms with E-state index in [1.54, 1.807) is 7.11 Å². The standard InChI is InChI=1S/C24H21NO/c1-3-22-20-11-7-8-12-21(20)23(17-9-5-4-6-10-17)24(25-22)18-13-15-19(26-2)16-14-18/h4-16H,3H2,1-2H3. The molecule has 4 aromatic rings. The topological polar surface area (TPSA) is 22.1 Å². The van der Waals surface area contributed by atoms with E-state index in [-0.39, 0.29) is 0 Å². The van der Waals surface area contributed by atoms with E-state index in [4.69, 9.17) is 9.72 Å². The molecular weight excluding hydrogens is 318 g/mol. The number of fused-ring (bicyclic) bond motifs is 1. The van der Waals surface area contributed by atoms with Crippen molar-refractivity contribution in [1.29, 1.82) is 0 Å². The van der Waals surface area contributed by atoms with Gasteiger partial charge in [0.25, 0.3) is 0 Å². The van der Waals surface area contributed by atoms with Crippen LogP contribution in [0.25, 0.3) is 33.2 Å². The minimum absolute atomic E-state index is 0.853. The van der Waals surface area contributed by atoms with Crippen LogP contribution in [0.3, 0.4) is 0 Å². The van der Waals surface area contributed by atoms with E-state index < -0.39 is 0 Å². The Labute approximate surface area is 154 Å². The van der Waals surface area contributed by atoms with Crippen LogP contribution in [0.5, 0.6) is 5.75 Å². The van der Waals surface area contributed by atoms with E-state index >= 15 is 0 Å². The van der Waals surface area contributed by atoms with Crippen molar-refractivity contribution in [2.24, 2.45) is 0 Å². The molecule has 0 atom stereocenters. The van der Waals surface area contributed by atoms with E-state index in [9.17, 15) is 0 Å². The molecule has 0 spiro atoms. The molecule has 0 aliphatic carbocycles. The molecule has 128 valence electrons. The molecule has 0 bridgehead atoms. The first-order chi connectivity index (χ1) is 12.8. The average Bonchev–Trinajstić information content (AvgIpc) is 2.73. The molecule has 0 fully saturated rings. The maximum absolute atomic E-state index is 5.31. The molecule has 0 N–H and O–H groups in total. The second-order valence-corrected chi connectivity index (χ2v) is 6.28. The lowest BCUT2D eigenvalue weighted by molar-refractivity contribution is 0.415. The quantitative estimate of drug-likeness (QED) is 0.445. The summed E-state index contributed by atoms with van der Waals surface area (Å²) in [5.74, 6) is 0.853. The molecule has 26 heavy (non-hydrogen) atoms. The summed E-state index contributed by atoms with van der Waals surface area (Å²) in [6.45, 7) is 2.16. The van der Waals surface area contributed by atoms with Gasteiger partial charge in [0.2, 0.25) is 0 Å². The van der Waals surface area contributed by atoms with Crippen molar-refractivity contribution in [2.45, 2.75) is 13.3 Å². The van der Waals surface area contributed by atoms with E-state index in [1.165, 1.54) is 21.9 Å². The monoisotopic (exact) mass is 339 g/mol. The highest BCUT2D eigenvalue weighted by atomic mass is 16.5. The molecule has 0 saturated heterocycles. The maximum Gasteiger partial charge on any atom is 0.118 e. The lowest BCUT2D eigenvalue weighted by Crippen LogP contribution is -1.98. The first-order valence-corrected chi connectivity index (χ1v) is 8.93. The predicted molar refractivity (Wildman–Crippen MR) is 109 cm³/mol. The third-order valence-electron chi connectivity index (χ3n) is 4.75. The Morgan fingerprint density at radius 1 is 0.731 bits per heavy atom. The summed E-state index contributed by atoms with van der Waals surface area (Å²) >= 11 is 0. The van der Waals surface area contributed by atoms with Crippen LogP contribution >= 0.6 is 0 Å². The van der Waals surface area contributed by atoms with Gasteiger partial charge in [0.1, 0.15) is 5.75 Å². The van der Waals surface area contributed by atoms with Crippen molar-refractivity contribution in [2.75, 3.05) is 7.11 Å². The highest BCUT2D eigenvalue weighted by Gasteiger charge is 2.16. The largest absolute Gasteiger partial charge is 0.497 e. The van der Waals surface area contributed by atoms with Crippen LogP contribution in [0.4, 0.5) is 0 Å². The molecule has 0 unspecified atom stereocenters. The molecule has 1 heterocycles. The zero-order valence-electron chi connectivity index (χ0n) is 15.1. The number of methoxy groups -OCH3 is 1. The summed E-state index contributed by atoms with van der Waals surface area (Å²) in [6.07, 6.45) is 0.902. The second-order valence-electron chi connectivity index (χ2n) is 6.28. The molecule has 1 aromatic heterocycles. The number of nitrogens with zero attached hydrogens (tertiary/aromatic N) is 1. The second kappa shape index (κ2) is 7.01. The van der Waals surface area contributed by atoms with Gasteiger partial charge in [0, 0.05) is 22.2 Å². The van der Waals surface area contributed by atoms with E-state index in [2.05, 4.69) is 67.6 Å². The molecule has 0 aliphatic heterocycles. The van der Waals surface area contributed by atoms with E-state index in [0.717, 1.165) is 29.1 Å². The normalized spacial score (nSPS) is 10.8. The summed E-state index contributed by atoms with van der Waals surface area (Å²) in [7, 11) is 1.69. The van der Waals surface area contributed by atoms with Crippen molar-refractivity contribution >= 4 is 10.8 Å². The van der Waals surface area contributed by atoms with Crippen LogP contribution in [-0.4, -0.2) is 12.1 Å². The highest BCUT2D eigenvalue weighted by Crippen LogP contribution is 2.38. The van der Waals surface area contributed by atoms with Gasteiger partial charge < -0.3 is 4.74 Å². The lowest BCUT2D eigenvalue weighted by Gasteiger charge is -2.16. The van der Waals surface area contributed by atoms with Crippen molar-refractivity contribution in [3.8, 4) is 28.1 Å². The molecule has 0 saturated carbocycles. The molecule has 3 aromatic carbocycles. The first-order valence-electron chi connectivity index (χ1n) is 8.93. The minimum Gasteiger partial charge on any atom is -0.497 e. The SMILES string of the molecule is CCc1nc(-c2ccc(OC)cc2)c(-c2ccccc2)c2ccccc12. The molecular formula is C24H21NO. The van der Waals surface area contributed by atoms with E-state index in [1.807, 2.05) is 18.2 Å². The summed E-state index contributed by atoms with van der Waals surface area (Å²) < 4.78 is 5.31. The number of ether oxygens (including phenoxy) is 1. The van der Waals surface area contributed by atoms with Gasteiger partial charge in [0.05, 0.1) is 12.8 Å². The van der Waals surface area contributed by atoms with Crippen LogP contribution in [-0.2, 0) is 6.42 Å². The van der Waals surface area contributed by atoms with Gasteiger partial charge in [-0.3, -0.25) is 4.98 Å². The van der Waals surface area contributed by atoms with Gasteiger partial charge in [0.15, 0.2) is 0 Å². The lowest BCUT2D eigenvalue weighted by atomic mass is 9.92. The van der Waals surface area contributed by atoms with Crippen LogP contribution in [0.2, 0.25) is 0 Å². The Bertz CT molecular complexity index is 1040. The van der Waals surface area contributed by atoms with Gasteiger partial charge in [-0.15, -0.1) is 0 Å². The Kier molecular flexibility index (Phi) is 4.40. The number of hydrogen-bond acceptors (Lipinski definition) is 2. The molecule has 2 nitrogen and oxygen atoms in total. The number of aromatic nitrogens is 1. The molecule has 4 rings (SSSR count). The number of aryl methyl sites for hydroxylation is 1. The molecule has 0 radical (unpaired) electrons. The van der Waals surface area contributed by atoms with Gasteiger partial charge in [-0.05, 0) is 41.6 Å². The van der Waals surface area contributed by atoms with Crippen LogP contribution in [0.1, 0.15) is 12.6 Å². The first kappa shape index (κ1) is 16.3. The summed E-state index contributed by atoms with van der Waals surface area (Å²) in [6, 6.07) is 27.2. The molecule has 0 amide bonds.